The molecule has 268 valence electrons. The summed E-state index contributed by atoms with van der Waals surface area (Å²) in [6, 6.07) is 0. The number of hydrogen-bond acceptors (Lipinski definition) is 10. The number of rotatable bonds is 14. The molecule has 0 radical (unpaired) electrons. The van der Waals surface area contributed by atoms with Crippen molar-refractivity contribution >= 4 is 35.1 Å². The van der Waals surface area contributed by atoms with Gasteiger partial charge in [-0.3, -0.25) is 19.2 Å². The van der Waals surface area contributed by atoms with Crippen molar-refractivity contribution in [1.29, 1.82) is 0 Å². The molecule has 5 aliphatic heterocycles. The lowest BCUT2D eigenvalue weighted by molar-refractivity contribution is -0.213. The van der Waals surface area contributed by atoms with E-state index in [-0.39, 0.29) is 40.7 Å². The van der Waals surface area contributed by atoms with E-state index in [0.29, 0.717) is 12.8 Å². The highest BCUT2D eigenvalue weighted by atomic mass is 16.6. The molecule has 8 rings (SSSR count). The van der Waals surface area contributed by atoms with Crippen LogP contribution in [0.15, 0.2) is 46.3 Å². The van der Waals surface area contributed by atoms with Crippen LogP contribution in [0.2, 0.25) is 0 Å². The highest BCUT2D eigenvalue weighted by Gasteiger charge is 2.85. The number of unbranched alkanes of at least 4 members (excludes halogenated alkanes) is 4. The molecule has 2 N–H and O–H groups in total. The van der Waals surface area contributed by atoms with Crippen LogP contribution in [0, 0.1) is 17.3 Å². The number of fused-ring (bicyclic) bond motifs is 3. The Bertz CT molecular complexity index is 1710. The van der Waals surface area contributed by atoms with Crippen LogP contribution in [0.3, 0.4) is 0 Å². The van der Waals surface area contributed by atoms with E-state index < -0.39 is 94.0 Å². The normalized spacial score (nSPS) is 39.5. The number of ether oxygens (including phenoxy) is 4. The zero-order valence-electron chi connectivity index (χ0n) is 28.8. The number of epoxide rings is 2. The Morgan fingerprint density at radius 1 is 0.760 bits per heavy atom. The first-order chi connectivity index (χ1) is 23.8. The van der Waals surface area contributed by atoms with Crippen molar-refractivity contribution in [2.45, 2.75) is 134 Å². The van der Waals surface area contributed by atoms with Crippen molar-refractivity contribution in [1.82, 2.24) is 0 Å². The van der Waals surface area contributed by atoms with Crippen molar-refractivity contribution in [2.75, 3.05) is 0 Å². The third-order valence-electron chi connectivity index (χ3n) is 12.2. The van der Waals surface area contributed by atoms with E-state index in [1.165, 1.54) is 32.3 Å². The summed E-state index contributed by atoms with van der Waals surface area (Å²) in [5.41, 5.74) is -4.51. The molecule has 1 saturated carbocycles. The predicted octanol–water partition coefficient (Wildman–Crippen LogP) is 4.15. The van der Waals surface area contributed by atoms with Crippen molar-refractivity contribution < 1.29 is 57.9 Å². The van der Waals surface area contributed by atoms with E-state index in [2.05, 4.69) is 13.8 Å². The Hall–Kier alpha value is -3.74. The van der Waals surface area contributed by atoms with Crippen LogP contribution in [0.4, 0.5) is 0 Å². The Morgan fingerprint density at radius 2 is 1.32 bits per heavy atom. The minimum absolute atomic E-state index is 0.00135. The largest absolute Gasteiger partial charge is 0.497 e. The van der Waals surface area contributed by atoms with Gasteiger partial charge in [0.15, 0.2) is 46.5 Å². The Kier molecular flexibility index (Phi) is 8.46. The number of carboxylic acid groups (broad SMARTS) is 2. The van der Waals surface area contributed by atoms with Gasteiger partial charge in [-0.1, -0.05) is 58.1 Å². The molecule has 2 bridgehead atoms. The maximum Gasteiger partial charge on any atom is 0.330 e. The topological polar surface area (TPSA) is 186 Å². The molecule has 0 amide bonds. The van der Waals surface area contributed by atoms with Gasteiger partial charge < -0.3 is 29.2 Å². The number of hydrogen-bond donors (Lipinski definition) is 2. The Labute approximate surface area is 289 Å². The summed E-state index contributed by atoms with van der Waals surface area (Å²) in [5.74, 6) is -5.70. The van der Waals surface area contributed by atoms with E-state index >= 15 is 4.79 Å². The van der Waals surface area contributed by atoms with Crippen LogP contribution in [0.25, 0.3) is 0 Å². The van der Waals surface area contributed by atoms with Gasteiger partial charge in [0, 0.05) is 52.5 Å². The number of carbonyl (C=O) groups excluding carboxylic acids is 4. The number of carbonyl (C=O) groups is 6. The van der Waals surface area contributed by atoms with Gasteiger partial charge in [-0.15, -0.1) is 0 Å². The quantitative estimate of drug-likeness (QED) is 0.151. The van der Waals surface area contributed by atoms with Crippen molar-refractivity contribution in [3.63, 3.8) is 0 Å². The molecule has 1 spiro atoms. The monoisotopic (exact) mass is 692 g/mol. The van der Waals surface area contributed by atoms with Gasteiger partial charge >= 0.3 is 11.9 Å². The molecule has 0 aromatic rings. The summed E-state index contributed by atoms with van der Waals surface area (Å²) in [5, 5.41) is 19.0. The molecule has 8 aliphatic rings. The molecule has 5 heterocycles. The van der Waals surface area contributed by atoms with Gasteiger partial charge in [0.1, 0.15) is 17.6 Å². The molecule has 3 aliphatic carbocycles. The van der Waals surface area contributed by atoms with Gasteiger partial charge in [-0.25, -0.2) is 9.59 Å². The smallest absolute Gasteiger partial charge is 0.330 e. The van der Waals surface area contributed by atoms with Crippen molar-refractivity contribution in [3.05, 3.63) is 46.3 Å². The van der Waals surface area contributed by atoms with E-state index in [1.54, 1.807) is 0 Å². The summed E-state index contributed by atoms with van der Waals surface area (Å²) in [6.07, 6.45) is 5.37. The van der Waals surface area contributed by atoms with Crippen LogP contribution in [-0.4, -0.2) is 87.0 Å². The van der Waals surface area contributed by atoms with Gasteiger partial charge in [0.05, 0.1) is 12.4 Å². The maximum atomic E-state index is 15.4. The van der Waals surface area contributed by atoms with Crippen LogP contribution >= 0.6 is 0 Å². The van der Waals surface area contributed by atoms with Crippen LogP contribution in [0.1, 0.15) is 91.9 Å². The average Bonchev–Trinajstić information content (AvgIpc) is 4.02. The van der Waals surface area contributed by atoms with Crippen LogP contribution < -0.4 is 0 Å². The summed E-state index contributed by atoms with van der Waals surface area (Å²) >= 11 is 0. The highest BCUT2D eigenvalue weighted by molar-refractivity contribution is 6.25. The van der Waals surface area contributed by atoms with Crippen molar-refractivity contribution in [2.24, 2.45) is 17.3 Å². The molecule has 10 atom stereocenters. The Morgan fingerprint density at radius 3 is 1.92 bits per heavy atom. The molecule has 5 unspecified atom stereocenters. The second-order valence-electron chi connectivity index (χ2n) is 15.0. The lowest BCUT2D eigenvalue weighted by atomic mass is 9.43. The first kappa shape index (κ1) is 34.7. The fourth-order valence-electron chi connectivity index (χ4n) is 9.47. The SMILES string of the molecule is CCCCC[C@H]1OC2C3=C(C(=O)[C@@]4(C/C=C(\C)C(=O)O)O[C@H]4C3=O)C1C1[C@@H](CCCCC)OC=C3C(=O)C4O[C@@]4(C/C=C(\C)C(=O)O)C(=O)C321. The van der Waals surface area contributed by atoms with Gasteiger partial charge in [-0.05, 0) is 33.1 Å². The average molecular weight is 693 g/mol. The van der Waals surface area contributed by atoms with Gasteiger partial charge in [-0.2, -0.15) is 0 Å². The third-order valence-corrected chi connectivity index (χ3v) is 12.2. The lowest BCUT2D eigenvalue weighted by Gasteiger charge is -2.63. The zero-order valence-corrected chi connectivity index (χ0v) is 28.8. The van der Waals surface area contributed by atoms with Crippen LogP contribution in [0.5, 0.6) is 0 Å². The highest BCUT2D eigenvalue weighted by Crippen LogP contribution is 2.70. The first-order valence-corrected chi connectivity index (χ1v) is 17.9. The maximum absolute atomic E-state index is 15.4. The van der Waals surface area contributed by atoms with Crippen molar-refractivity contribution in [3.8, 4) is 0 Å². The lowest BCUT2D eigenvalue weighted by Crippen LogP contribution is -2.74. The first-order valence-electron chi connectivity index (χ1n) is 17.9. The molecule has 12 heteroatoms. The summed E-state index contributed by atoms with van der Waals surface area (Å²) in [4.78, 5) is 82.2. The number of carboxylic acids is 2. The molecule has 4 fully saturated rings. The fraction of sp³-hybridized carbons (Fsp3) is 0.632. The molecule has 0 aromatic heterocycles. The molecule has 3 saturated heterocycles. The van der Waals surface area contributed by atoms with E-state index in [0.717, 1.165) is 38.5 Å². The predicted molar refractivity (Wildman–Crippen MR) is 174 cm³/mol. The molecular weight excluding hydrogens is 648 g/mol. The van der Waals surface area contributed by atoms with E-state index in [9.17, 15) is 34.2 Å². The number of Topliss-reactive ketones (excluding diaryl/α,β-unsaturated/α-hetero) is 4. The van der Waals surface area contributed by atoms with Gasteiger partial charge in [0.2, 0.25) is 0 Å². The fourth-order valence-corrected chi connectivity index (χ4v) is 9.47. The summed E-state index contributed by atoms with van der Waals surface area (Å²) in [7, 11) is 0. The van der Waals surface area contributed by atoms with E-state index in [4.69, 9.17) is 18.9 Å². The second-order valence-corrected chi connectivity index (χ2v) is 15.0. The standard InChI is InChI=1S/C38H44O12/c1-5-7-9-11-21-23-24-25(28(40)32-36(49-32,29(24)41)15-13-18(3)33(42)43)30(48-21)38-20(17-47-22(26(23)38)12-10-8-6-2)27(39)31-37(50-31,35(38)46)16-14-19(4)34(44)45/h13-14,17,21-23,26,30-32H,5-12,15-16H2,1-4H3,(H,42,43)(H,44,45)/b18-13+,19-14+/t21-,22-,23?,26?,30?,31?,32+,36-,37-,38?/m1/s1. The molecule has 50 heavy (non-hydrogen) atoms. The molecule has 12 nitrogen and oxygen atoms in total. The molecule has 0 aromatic carbocycles. The van der Waals surface area contributed by atoms with Gasteiger partial charge in [0.25, 0.3) is 0 Å². The van der Waals surface area contributed by atoms with E-state index in [1.807, 2.05) is 0 Å². The van der Waals surface area contributed by atoms with Crippen LogP contribution in [-0.2, 0) is 47.7 Å². The molecular formula is C38H44O12. The minimum atomic E-state index is -1.71. The number of aliphatic carboxylic acids is 2. The minimum Gasteiger partial charge on any atom is -0.497 e. The zero-order chi connectivity index (χ0) is 35.9. The third kappa shape index (κ3) is 4.66. The number of ketones is 4. The Balaban J connectivity index is 1.41. The summed E-state index contributed by atoms with van der Waals surface area (Å²) < 4.78 is 25.1. The second kappa shape index (κ2) is 12.2. The summed E-state index contributed by atoms with van der Waals surface area (Å²) in [6.45, 7) is 6.96.